The number of amides is 4. The number of rotatable bonds is 6. The van der Waals surface area contributed by atoms with Crippen molar-refractivity contribution < 1.29 is 55.4 Å². The summed E-state index contributed by atoms with van der Waals surface area (Å²) in [6.45, 7) is 0. The van der Waals surface area contributed by atoms with Crippen LogP contribution in [0, 0.1) is 27.2 Å². The predicted octanol–water partition coefficient (Wildman–Crippen LogP) is 8.81. The van der Waals surface area contributed by atoms with Gasteiger partial charge in [0.2, 0.25) is 11.8 Å². The summed E-state index contributed by atoms with van der Waals surface area (Å²) in [6, 6.07) is 15.5. The molecule has 4 amide bonds. The van der Waals surface area contributed by atoms with Gasteiger partial charge in [0.05, 0.1) is 39.4 Å². The number of benzene rings is 3. The molecule has 0 radical (unpaired) electrons. The van der Waals surface area contributed by atoms with Crippen molar-refractivity contribution in [1.82, 2.24) is 9.99 Å². The number of aromatic hydroxyl groups is 1. The summed E-state index contributed by atoms with van der Waals surface area (Å²) in [5, 5.41) is 11.6. The number of phenols is 1. The summed E-state index contributed by atoms with van der Waals surface area (Å²) >= 11 is 14.5. The van der Waals surface area contributed by atoms with Gasteiger partial charge in [-0.25, -0.2) is 4.98 Å². The van der Waals surface area contributed by atoms with Crippen LogP contribution in [0.25, 0.3) is 0 Å². The SMILES string of the molecule is O=C1[C@@H]2C[C@@H]3C(=CC[C@@H]4C(=O)N(c5ccc(I)cc5)C(=O)[C@@H]43)[C@H](c3cc(OC(F)(F)F)ccc3O)[C@]2(c2ccc(Cl)cc2)C(=O)N1Nc1ncc(C(F)(F)F)cc1Cl. The number of carbonyl (C=O) groups excluding carboxylic acids is 4. The smallest absolute Gasteiger partial charge is 0.508 e. The van der Waals surface area contributed by atoms with Crippen LogP contribution in [0.2, 0.25) is 10.0 Å². The van der Waals surface area contributed by atoms with Crippen LogP contribution in [0.1, 0.15) is 35.4 Å². The summed E-state index contributed by atoms with van der Waals surface area (Å²) in [7, 11) is 0. The Morgan fingerprint density at radius 3 is 2.21 bits per heavy atom. The van der Waals surface area contributed by atoms with Gasteiger partial charge < -0.3 is 9.84 Å². The van der Waals surface area contributed by atoms with Crippen molar-refractivity contribution in [3.05, 3.63) is 121 Å². The summed E-state index contributed by atoms with van der Waals surface area (Å²) in [5.74, 6) is -11.0. The van der Waals surface area contributed by atoms with Gasteiger partial charge in [0.1, 0.15) is 11.5 Å². The van der Waals surface area contributed by atoms with Crippen molar-refractivity contribution in [2.45, 2.75) is 36.7 Å². The number of ether oxygens (including phenoxy) is 1. The lowest BCUT2D eigenvalue weighted by atomic mass is 9.49. The topological polar surface area (TPSA) is 129 Å². The van der Waals surface area contributed by atoms with E-state index in [0.29, 0.717) is 23.0 Å². The minimum atomic E-state index is -5.18. The molecule has 3 fully saturated rings. The number of halogens is 9. The second-order valence-corrected chi connectivity index (χ2v) is 16.3. The lowest BCUT2D eigenvalue weighted by molar-refractivity contribution is -0.274. The maximum atomic E-state index is 15.3. The van der Waals surface area contributed by atoms with E-state index in [1.54, 1.807) is 30.3 Å². The lowest BCUT2D eigenvalue weighted by Crippen LogP contribution is -2.53. The molecule has 0 unspecified atom stereocenters. The van der Waals surface area contributed by atoms with Crippen LogP contribution < -0.4 is 15.1 Å². The van der Waals surface area contributed by atoms with Crippen molar-refractivity contribution >= 4 is 80.9 Å². The molecule has 1 aromatic heterocycles. The van der Waals surface area contributed by atoms with E-state index in [1.807, 2.05) is 0 Å². The van der Waals surface area contributed by atoms with Crippen LogP contribution in [0.3, 0.4) is 0 Å². The molecule has 58 heavy (non-hydrogen) atoms. The Morgan fingerprint density at radius 1 is 0.879 bits per heavy atom. The fourth-order valence-corrected chi connectivity index (χ4v) is 9.63. The Balaban J connectivity index is 1.33. The van der Waals surface area contributed by atoms with Gasteiger partial charge in [0.15, 0.2) is 5.82 Å². The van der Waals surface area contributed by atoms with Crippen LogP contribution >= 0.6 is 45.8 Å². The second kappa shape index (κ2) is 14.1. The molecule has 6 atom stereocenters. The summed E-state index contributed by atoms with van der Waals surface area (Å²) in [5.41, 5.74) is -0.452. The number of alkyl halides is 6. The fourth-order valence-electron chi connectivity index (χ4n) is 8.93. The van der Waals surface area contributed by atoms with Gasteiger partial charge in [-0.1, -0.05) is 47.0 Å². The third-order valence-corrected chi connectivity index (χ3v) is 12.4. The monoisotopic (exact) mass is 956 g/mol. The highest BCUT2D eigenvalue weighted by Crippen LogP contribution is 2.65. The first-order chi connectivity index (χ1) is 27.3. The molecular weight excluding hydrogens is 932 g/mol. The molecule has 19 heteroatoms. The number of allylic oxidation sites excluding steroid dienone is 2. The number of anilines is 2. The van der Waals surface area contributed by atoms with Gasteiger partial charge in [-0.2, -0.15) is 18.2 Å². The van der Waals surface area contributed by atoms with Gasteiger partial charge in [0.25, 0.3) is 11.8 Å². The normalized spacial score (nSPS) is 25.7. The Labute approximate surface area is 347 Å². The average Bonchev–Trinajstić information content (AvgIpc) is 3.53. The third-order valence-electron chi connectivity index (χ3n) is 11.2. The first kappa shape index (κ1) is 39.9. The average molecular weight is 957 g/mol. The standard InChI is InChI=1S/C39H25Cl2F6IN4O6/c40-19-3-1-17(2-4-19)37-27(34(55)52(36(37)57)50-32-28(41)13-18(16-49-32)38(42,43)44)15-25-23(31(37)26-14-22(9-12-29(26)53)58-39(45,46)47)10-11-24-30(25)35(56)51(33(24)54)21-7-5-20(48)6-8-21/h1-10,12-14,16,24-25,27,30-31,53H,11,15H2,(H,49,50)/t24-,25+,27-,30-,31+,37+/m0/s1. The molecule has 10 nitrogen and oxygen atoms in total. The molecule has 0 bridgehead atoms. The molecule has 3 heterocycles. The number of hydrogen-bond donors (Lipinski definition) is 2. The van der Waals surface area contributed by atoms with E-state index in [2.05, 4.69) is 37.7 Å². The van der Waals surface area contributed by atoms with Crippen molar-refractivity contribution in [2.75, 3.05) is 10.3 Å². The predicted molar refractivity (Wildman–Crippen MR) is 203 cm³/mol. The van der Waals surface area contributed by atoms with E-state index < -0.39 is 99.1 Å². The molecule has 8 rings (SSSR count). The van der Waals surface area contributed by atoms with E-state index >= 15 is 4.79 Å². The fraction of sp³-hybridized carbons (Fsp3) is 0.256. The number of hydrazine groups is 1. The summed E-state index contributed by atoms with van der Waals surface area (Å²) in [4.78, 5) is 63.4. The molecule has 300 valence electrons. The van der Waals surface area contributed by atoms with Crippen LogP contribution in [0.4, 0.5) is 37.8 Å². The lowest BCUT2D eigenvalue weighted by Gasteiger charge is -2.50. The quantitative estimate of drug-likeness (QED) is 0.0850. The molecule has 1 saturated carbocycles. The first-order valence-electron chi connectivity index (χ1n) is 17.4. The van der Waals surface area contributed by atoms with Gasteiger partial charge >= 0.3 is 12.5 Å². The number of pyridine rings is 1. The van der Waals surface area contributed by atoms with Gasteiger partial charge in [-0.3, -0.25) is 29.5 Å². The Hall–Kier alpha value is -4.88. The maximum Gasteiger partial charge on any atom is 0.573 e. The van der Waals surface area contributed by atoms with Crippen LogP contribution in [0.15, 0.2) is 90.6 Å². The Morgan fingerprint density at radius 2 is 1.57 bits per heavy atom. The van der Waals surface area contributed by atoms with E-state index in [-0.39, 0.29) is 34.6 Å². The highest BCUT2D eigenvalue weighted by molar-refractivity contribution is 14.1. The number of fused-ring (bicyclic) bond motifs is 4. The maximum absolute atomic E-state index is 15.3. The minimum absolute atomic E-state index is 0.0471. The van der Waals surface area contributed by atoms with Crippen LogP contribution in [-0.2, 0) is 30.8 Å². The number of aromatic nitrogens is 1. The number of carbonyl (C=O) groups is 4. The largest absolute Gasteiger partial charge is 0.573 e. The number of nitrogens with zero attached hydrogens (tertiary/aromatic N) is 3. The third kappa shape index (κ3) is 6.45. The molecule has 4 aromatic rings. The molecule has 2 aliphatic heterocycles. The molecule has 2 saturated heterocycles. The molecular formula is C39H25Cl2F6IN4O6. The number of imide groups is 2. The molecule has 2 N–H and O–H groups in total. The Bertz CT molecular complexity index is 2430. The molecule has 3 aromatic carbocycles. The Kier molecular flexibility index (Phi) is 9.74. The zero-order valence-electron chi connectivity index (χ0n) is 29.1. The minimum Gasteiger partial charge on any atom is -0.508 e. The molecule has 4 aliphatic rings. The van der Waals surface area contributed by atoms with E-state index in [0.717, 1.165) is 26.7 Å². The number of hydrogen-bond acceptors (Lipinski definition) is 8. The van der Waals surface area contributed by atoms with Gasteiger partial charge in [-0.05, 0) is 108 Å². The summed E-state index contributed by atoms with van der Waals surface area (Å²) < 4.78 is 86.4. The van der Waals surface area contributed by atoms with E-state index in [4.69, 9.17) is 23.2 Å². The summed E-state index contributed by atoms with van der Waals surface area (Å²) in [6.07, 6.45) is -8.27. The highest BCUT2D eigenvalue weighted by Gasteiger charge is 2.71. The van der Waals surface area contributed by atoms with E-state index in [9.17, 15) is 45.8 Å². The van der Waals surface area contributed by atoms with Crippen molar-refractivity contribution in [3.63, 3.8) is 0 Å². The van der Waals surface area contributed by atoms with Crippen molar-refractivity contribution in [3.8, 4) is 11.5 Å². The first-order valence-corrected chi connectivity index (χ1v) is 19.2. The van der Waals surface area contributed by atoms with Gasteiger partial charge in [-0.15, -0.1) is 13.2 Å². The molecule has 0 spiro atoms. The zero-order chi connectivity index (χ0) is 41.6. The van der Waals surface area contributed by atoms with Crippen molar-refractivity contribution in [1.29, 1.82) is 0 Å². The number of nitrogens with one attached hydrogen (secondary N) is 1. The van der Waals surface area contributed by atoms with E-state index in [1.165, 1.54) is 24.3 Å². The van der Waals surface area contributed by atoms with Crippen LogP contribution in [-0.4, -0.2) is 45.1 Å². The second-order valence-electron chi connectivity index (χ2n) is 14.2. The number of phenolic OH excluding ortho intramolecular Hbond substituents is 1. The van der Waals surface area contributed by atoms with Gasteiger partial charge in [0, 0.05) is 26.3 Å². The zero-order valence-corrected chi connectivity index (χ0v) is 32.8. The van der Waals surface area contributed by atoms with Crippen LogP contribution in [0.5, 0.6) is 11.5 Å². The highest BCUT2D eigenvalue weighted by atomic mass is 127. The molecule has 2 aliphatic carbocycles. The van der Waals surface area contributed by atoms with Crippen molar-refractivity contribution in [2.24, 2.45) is 23.7 Å².